The maximum absolute atomic E-state index is 12.0. The first-order valence-electron chi connectivity index (χ1n) is 10.6. The third kappa shape index (κ3) is 1.99. The molecule has 1 aliphatic heterocycles. The van der Waals surface area contributed by atoms with Crippen LogP contribution in [0.2, 0.25) is 0 Å². The number of ether oxygens (including phenoxy) is 1. The van der Waals surface area contributed by atoms with E-state index in [0.29, 0.717) is 29.5 Å². The fraction of sp³-hybridized carbons (Fsp3) is 0.909. The highest BCUT2D eigenvalue weighted by Gasteiger charge is 2.67. The number of carbonyl (C=O) groups excluding carboxylic acids is 2. The minimum absolute atomic E-state index is 0.0328. The molecule has 0 bridgehead atoms. The van der Waals surface area contributed by atoms with Crippen LogP contribution in [0.15, 0.2) is 0 Å². The largest absolute Gasteiger partial charge is 0.458 e. The lowest BCUT2D eigenvalue weighted by atomic mass is 9.44. The molecule has 0 radical (unpaired) electrons. The molecule has 1 heterocycles. The van der Waals surface area contributed by atoms with Gasteiger partial charge in [0.25, 0.3) is 0 Å². The Morgan fingerprint density at radius 1 is 0.880 bits per heavy atom. The molecule has 4 aliphatic carbocycles. The van der Waals surface area contributed by atoms with Gasteiger partial charge in [-0.05, 0) is 80.5 Å². The monoisotopic (exact) mass is 344 g/mol. The summed E-state index contributed by atoms with van der Waals surface area (Å²) < 4.78 is 6.02. The summed E-state index contributed by atoms with van der Waals surface area (Å²) in [5.74, 6) is 3.44. The summed E-state index contributed by atoms with van der Waals surface area (Å²) >= 11 is 0. The summed E-state index contributed by atoms with van der Waals surface area (Å²) in [7, 11) is 0. The summed E-state index contributed by atoms with van der Waals surface area (Å²) in [5, 5.41) is 0. The van der Waals surface area contributed by atoms with Crippen LogP contribution in [0.25, 0.3) is 0 Å². The molecular weight excluding hydrogens is 312 g/mol. The Balaban J connectivity index is 1.46. The van der Waals surface area contributed by atoms with E-state index in [-0.39, 0.29) is 17.0 Å². The molecule has 3 nitrogen and oxygen atoms in total. The second kappa shape index (κ2) is 5.10. The number of ketones is 1. The zero-order valence-corrected chi connectivity index (χ0v) is 15.8. The van der Waals surface area contributed by atoms with E-state index in [1.54, 1.807) is 0 Å². The van der Waals surface area contributed by atoms with Gasteiger partial charge in [-0.3, -0.25) is 9.59 Å². The normalized spacial score (nSPS) is 54.8. The SMILES string of the molecule is CC12CCC(=O)CC1CCC1C2CCC2(C)C1CCC21CCC(=O)O1. The number of carbonyl (C=O) groups is 2. The van der Waals surface area contributed by atoms with E-state index in [4.69, 9.17) is 4.74 Å². The van der Waals surface area contributed by atoms with Gasteiger partial charge >= 0.3 is 5.97 Å². The van der Waals surface area contributed by atoms with E-state index < -0.39 is 0 Å². The molecule has 5 aliphatic rings. The van der Waals surface area contributed by atoms with E-state index in [1.807, 2.05) is 0 Å². The molecule has 5 fully saturated rings. The van der Waals surface area contributed by atoms with E-state index >= 15 is 0 Å². The third-order valence-corrected chi connectivity index (χ3v) is 9.81. The van der Waals surface area contributed by atoms with Crippen LogP contribution in [0.3, 0.4) is 0 Å². The maximum atomic E-state index is 12.0. The molecule has 7 unspecified atom stereocenters. The number of fused-ring (bicyclic) bond motifs is 6. The van der Waals surface area contributed by atoms with Crippen LogP contribution >= 0.6 is 0 Å². The highest BCUT2D eigenvalue weighted by Crippen LogP contribution is 2.70. The van der Waals surface area contributed by atoms with Crippen LogP contribution in [-0.4, -0.2) is 17.4 Å². The van der Waals surface area contributed by atoms with Gasteiger partial charge in [0, 0.05) is 24.7 Å². The van der Waals surface area contributed by atoms with Crippen molar-refractivity contribution in [3.63, 3.8) is 0 Å². The second-order valence-corrected chi connectivity index (χ2v) is 10.4. The van der Waals surface area contributed by atoms with Crippen molar-refractivity contribution in [2.45, 2.75) is 90.1 Å². The number of hydrogen-bond acceptors (Lipinski definition) is 3. The molecule has 1 spiro atoms. The lowest BCUT2D eigenvalue weighted by Gasteiger charge is -2.61. The standard InChI is InChI=1S/C22H32O3/c1-20-9-5-15(23)13-14(20)3-4-16-17(20)6-10-21(2)18(16)7-11-22(21)12-8-19(24)25-22/h14,16-18H,3-13H2,1-2H3. The molecule has 0 aromatic heterocycles. The summed E-state index contributed by atoms with van der Waals surface area (Å²) in [6, 6.07) is 0. The van der Waals surface area contributed by atoms with E-state index in [1.165, 1.54) is 32.1 Å². The van der Waals surface area contributed by atoms with E-state index in [2.05, 4.69) is 13.8 Å². The molecule has 3 heteroatoms. The second-order valence-electron chi connectivity index (χ2n) is 10.4. The first kappa shape index (κ1) is 16.3. The number of Topliss-reactive ketones (excluding diaryl/α,β-unsaturated/α-hetero) is 1. The number of esters is 1. The number of hydrogen-bond donors (Lipinski definition) is 0. The van der Waals surface area contributed by atoms with Crippen LogP contribution in [0.1, 0.15) is 84.5 Å². The van der Waals surface area contributed by atoms with Crippen molar-refractivity contribution in [1.29, 1.82) is 0 Å². The first-order chi connectivity index (χ1) is 11.9. The van der Waals surface area contributed by atoms with Gasteiger partial charge in [-0.1, -0.05) is 13.8 Å². The molecule has 5 rings (SSSR count). The van der Waals surface area contributed by atoms with Crippen molar-refractivity contribution in [3.05, 3.63) is 0 Å². The van der Waals surface area contributed by atoms with Gasteiger partial charge in [-0.15, -0.1) is 0 Å². The van der Waals surface area contributed by atoms with Crippen molar-refractivity contribution in [1.82, 2.24) is 0 Å². The highest BCUT2D eigenvalue weighted by atomic mass is 16.6. The topological polar surface area (TPSA) is 43.4 Å². The van der Waals surface area contributed by atoms with Crippen molar-refractivity contribution < 1.29 is 14.3 Å². The van der Waals surface area contributed by atoms with Gasteiger partial charge in [0.1, 0.15) is 11.4 Å². The molecule has 1 saturated heterocycles. The van der Waals surface area contributed by atoms with E-state index in [0.717, 1.165) is 43.9 Å². The molecule has 138 valence electrons. The Labute approximate surface area is 151 Å². The van der Waals surface area contributed by atoms with Crippen molar-refractivity contribution in [3.8, 4) is 0 Å². The van der Waals surface area contributed by atoms with Gasteiger partial charge in [0.05, 0.1) is 0 Å². The Bertz CT molecular complexity index is 627. The van der Waals surface area contributed by atoms with Crippen LogP contribution in [0.5, 0.6) is 0 Å². The Morgan fingerprint density at radius 3 is 2.44 bits per heavy atom. The van der Waals surface area contributed by atoms with Crippen molar-refractivity contribution in [2.75, 3.05) is 0 Å². The fourth-order valence-corrected chi connectivity index (χ4v) is 8.34. The number of rotatable bonds is 0. The first-order valence-corrected chi connectivity index (χ1v) is 10.6. The molecule has 0 aromatic rings. The average Bonchev–Trinajstić information content (AvgIpc) is 3.10. The van der Waals surface area contributed by atoms with Gasteiger partial charge in [-0.25, -0.2) is 0 Å². The Hall–Kier alpha value is -0.860. The Morgan fingerprint density at radius 2 is 1.68 bits per heavy atom. The van der Waals surface area contributed by atoms with Crippen LogP contribution in [0.4, 0.5) is 0 Å². The molecule has 0 amide bonds. The zero-order chi connectivity index (χ0) is 17.4. The van der Waals surface area contributed by atoms with Gasteiger partial charge in [0.2, 0.25) is 0 Å². The smallest absolute Gasteiger partial charge is 0.306 e. The fourth-order valence-electron chi connectivity index (χ4n) is 8.34. The third-order valence-electron chi connectivity index (χ3n) is 9.81. The summed E-state index contributed by atoms with van der Waals surface area (Å²) in [5.41, 5.74) is 0.411. The molecule has 0 N–H and O–H groups in total. The average molecular weight is 344 g/mol. The summed E-state index contributed by atoms with van der Waals surface area (Å²) in [4.78, 5) is 23.9. The van der Waals surface area contributed by atoms with Gasteiger partial charge in [-0.2, -0.15) is 0 Å². The molecular formula is C22H32O3. The summed E-state index contributed by atoms with van der Waals surface area (Å²) in [6.45, 7) is 4.95. The van der Waals surface area contributed by atoms with Gasteiger partial charge in [0.15, 0.2) is 0 Å². The minimum Gasteiger partial charge on any atom is -0.458 e. The van der Waals surface area contributed by atoms with Crippen molar-refractivity contribution >= 4 is 11.8 Å². The lowest BCUT2D eigenvalue weighted by Crippen LogP contribution is -2.56. The maximum Gasteiger partial charge on any atom is 0.306 e. The van der Waals surface area contributed by atoms with Crippen LogP contribution < -0.4 is 0 Å². The predicted octanol–water partition coefficient (Wildman–Crippen LogP) is 4.67. The quantitative estimate of drug-likeness (QED) is 0.600. The predicted molar refractivity (Wildman–Crippen MR) is 94.8 cm³/mol. The van der Waals surface area contributed by atoms with Crippen LogP contribution in [0, 0.1) is 34.5 Å². The van der Waals surface area contributed by atoms with E-state index in [9.17, 15) is 9.59 Å². The highest BCUT2D eigenvalue weighted by molar-refractivity contribution is 5.79. The molecule has 0 aromatic carbocycles. The summed E-state index contributed by atoms with van der Waals surface area (Å²) in [6.07, 6.45) is 11.7. The zero-order valence-electron chi connectivity index (χ0n) is 15.8. The van der Waals surface area contributed by atoms with Gasteiger partial charge < -0.3 is 4.74 Å². The van der Waals surface area contributed by atoms with Crippen molar-refractivity contribution in [2.24, 2.45) is 34.5 Å². The minimum atomic E-state index is -0.153. The molecule has 25 heavy (non-hydrogen) atoms. The Kier molecular flexibility index (Phi) is 3.33. The van der Waals surface area contributed by atoms with Crippen LogP contribution in [-0.2, 0) is 14.3 Å². The molecule has 7 atom stereocenters. The molecule has 4 saturated carbocycles. The lowest BCUT2D eigenvalue weighted by molar-refractivity contribution is -0.174.